The van der Waals surface area contributed by atoms with Gasteiger partial charge in [0, 0.05) is 38.1 Å². The minimum absolute atomic E-state index is 0.124. The third-order valence-corrected chi connectivity index (χ3v) is 4.90. The highest BCUT2D eigenvalue weighted by atomic mass is 16.5. The highest BCUT2D eigenvalue weighted by Gasteiger charge is 2.29. The second-order valence-corrected chi connectivity index (χ2v) is 6.66. The Kier molecular flexibility index (Phi) is 6.10. The fourth-order valence-corrected chi connectivity index (χ4v) is 3.50. The van der Waals surface area contributed by atoms with Crippen LogP contribution >= 0.6 is 0 Å². The van der Waals surface area contributed by atoms with Crippen LogP contribution in [0.4, 0.5) is 0 Å². The minimum Gasteiger partial charge on any atom is -0.497 e. The lowest BCUT2D eigenvalue weighted by Gasteiger charge is -2.29. The normalized spacial score (nSPS) is 22.9. The van der Waals surface area contributed by atoms with Gasteiger partial charge in [0.2, 0.25) is 5.91 Å². The highest BCUT2D eigenvalue weighted by Crippen LogP contribution is 2.21. The zero-order valence-corrected chi connectivity index (χ0v) is 14.4. The van der Waals surface area contributed by atoms with Crippen molar-refractivity contribution in [2.75, 3.05) is 46.6 Å². The van der Waals surface area contributed by atoms with Crippen molar-refractivity contribution >= 4 is 5.91 Å². The van der Waals surface area contributed by atoms with Crippen LogP contribution in [0.25, 0.3) is 0 Å². The number of benzene rings is 1. The molecule has 1 aromatic rings. The maximum Gasteiger partial charge on any atom is 0.225 e. The van der Waals surface area contributed by atoms with Crippen LogP contribution in [0.15, 0.2) is 24.3 Å². The Hall–Kier alpha value is -1.59. The molecule has 2 fully saturated rings. The van der Waals surface area contributed by atoms with E-state index in [1.54, 1.807) is 7.11 Å². The summed E-state index contributed by atoms with van der Waals surface area (Å²) in [5, 5.41) is 0. The Morgan fingerprint density at radius 1 is 1.17 bits per heavy atom. The Morgan fingerprint density at radius 2 is 1.92 bits per heavy atom. The van der Waals surface area contributed by atoms with E-state index < -0.39 is 0 Å². The van der Waals surface area contributed by atoms with Gasteiger partial charge in [-0.3, -0.25) is 4.79 Å². The molecule has 2 aliphatic rings. The van der Waals surface area contributed by atoms with Crippen LogP contribution in [0, 0.1) is 11.8 Å². The van der Waals surface area contributed by atoms with Crippen LogP contribution in [0.3, 0.4) is 0 Å². The molecule has 1 aromatic carbocycles. The van der Waals surface area contributed by atoms with Crippen molar-refractivity contribution in [2.45, 2.75) is 19.3 Å². The van der Waals surface area contributed by atoms with Gasteiger partial charge in [-0.1, -0.05) is 12.1 Å². The number of methoxy groups -OCH3 is 1. The van der Waals surface area contributed by atoms with E-state index in [1.807, 2.05) is 17.0 Å². The Bertz CT molecular complexity index is 525. The first kappa shape index (κ1) is 17.2. The molecule has 24 heavy (non-hydrogen) atoms. The first-order chi connectivity index (χ1) is 11.8. The van der Waals surface area contributed by atoms with Gasteiger partial charge in [0.15, 0.2) is 0 Å². The average Bonchev–Trinajstić information content (AvgIpc) is 2.88. The van der Waals surface area contributed by atoms with E-state index in [4.69, 9.17) is 14.2 Å². The molecule has 2 heterocycles. The molecule has 0 aliphatic carbocycles. The van der Waals surface area contributed by atoms with E-state index in [0.717, 1.165) is 31.6 Å². The molecule has 1 atom stereocenters. The molecule has 0 aromatic heterocycles. The van der Waals surface area contributed by atoms with Gasteiger partial charge in [0.05, 0.1) is 20.3 Å². The fraction of sp³-hybridized carbons (Fsp3) is 0.632. The van der Waals surface area contributed by atoms with Crippen LogP contribution in [-0.4, -0.2) is 57.4 Å². The quantitative estimate of drug-likeness (QED) is 0.847. The van der Waals surface area contributed by atoms with E-state index in [-0.39, 0.29) is 11.8 Å². The number of rotatable bonds is 4. The summed E-state index contributed by atoms with van der Waals surface area (Å²) in [6.45, 7) is 4.24. The molecule has 5 nitrogen and oxygen atoms in total. The monoisotopic (exact) mass is 333 g/mol. The summed E-state index contributed by atoms with van der Waals surface area (Å²) in [5.74, 6) is 1.61. The number of hydrogen-bond acceptors (Lipinski definition) is 4. The van der Waals surface area contributed by atoms with Gasteiger partial charge in [-0.25, -0.2) is 0 Å². The molecule has 2 saturated heterocycles. The number of carbonyl (C=O) groups is 1. The molecule has 0 N–H and O–H groups in total. The molecule has 2 aliphatic heterocycles. The van der Waals surface area contributed by atoms with Crippen LogP contribution in [0.5, 0.6) is 5.75 Å². The zero-order valence-electron chi connectivity index (χ0n) is 14.4. The van der Waals surface area contributed by atoms with Crippen molar-refractivity contribution < 1.29 is 19.0 Å². The largest absolute Gasteiger partial charge is 0.497 e. The molecule has 0 bridgehead atoms. The van der Waals surface area contributed by atoms with Crippen molar-refractivity contribution in [2.24, 2.45) is 11.8 Å². The summed E-state index contributed by atoms with van der Waals surface area (Å²) in [6.07, 6.45) is 2.61. The molecule has 0 radical (unpaired) electrons. The Labute approximate surface area is 143 Å². The summed E-state index contributed by atoms with van der Waals surface area (Å²) in [4.78, 5) is 14.8. The van der Waals surface area contributed by atoms with Gasteiger partial charge in [-0.05, 0) is 37.0 Å². The minimum atomic E-state index is 0.124. The zero-order chi connectivity index (χ0) is 16.8. The van der Waals surface area contributed by atoms with Crippen molar-refractivity contribution in [1.29, 1.82) is 0 Å². The standard InChI is InChI=1S/C19H27NO4/c1-22-18-4-2-15(3-5-18)12-16-13-20(8-11-24-14-16)19(21)17-6-9-23-10-7-17/h2-5,16-17H,6-14H2,1H3/t16-/m0/s1. The van der Waals surface area contributed by atoms with Gasteiger partial charge in [0.25, 0.3) is 0 Å². The average molecular weight is 333 g/mol. The Balaban J connectivity index is 1.60. The van der Waals surface area contributed by atoms with Gasteiger partial charge < -0.3 is 19.1 Å². The molecular weight excluding hydrogens is 306 g/mol. The molecule has 132 valence electrons. The smallest absolute Gasteiger partial charge is 0.225 e. The fourth-order valence-electron chi connectivity index (χ4n) is 3.50. The Morgan fingerprint density at radius 3 is 2.62 bits per heavy atom. The van der Waals surface area contributed by atoms with E-state index in [0.29, 0.717) is 38.9 Å². The summed E-state index contributed by atoms with van der Waals surface area (Å²) >= 11 is 0. The van der Waals surface area contributed by atoms with Gasteiger partial charge >= 0.3 is 0 Å². The summed E-state index contributed by atoms with van der Waals surface area (Å²) < 4.78 is 16.3. The van der Waals surface area contributed by atoms with Gasteiger partial charge in [-0.15, -0.1) is 0 Å². The third kappa shape index (κ3) is 4.48. The van der Waals surface area contributed by atoms with E-state index in [1.165, 1.54) is 5.56 Å². The number of amides is 1. The first-order valence-corrected chi connectivity index (χ1v) is 8.83. The third-order valence-electron chi connectivity index (χ3n) is 4.90. The van der Waals surface area contributed by atoms with Gasteiger partial charge in [0.1, 0.15) is 5.75 Å². The predicted octanol–water partition coefficient (Wildman–Crippen LogP) is 2.14. The maximum atomic E-state index is 12.8. The molecular formula is C19H27NO4. The molecule has 3 rings (SSSR count). The van der Waals surface area contributed by atoms with Crippen LogP contribution in [0.1, 0.15) is 18.4 Å². The van der Waals surface area contributed by atoms with Crippen LogP contribution in [-0.2, 0) is 20.7 Å². The number of hydrogen-bond donors (Lipinski definition) is 0. The van der Waals surface area contributed by atoms with Crippen molar-refractivity contribution in [1.82, 2.24) is 4.90 Å². The predicted molar refractivity (Wildman–Crippen MR) is 91.1 cm³/mol. The molecule has 5 heteroatoms. The second kappa shape index (κ2) is 8.49. The van der Waals surface area contributed by atoms with Crippen LogP contribution < -0.4 is 4.74 Å². The van der Waals surface area contributed by atoms with Crippen molar-refractivity contribution in [3.8, 4) is 5.75 Å². The van der Waals surface area contributed by atoms with E-state index in [9.17, 15) is 4.79 Å². The lowest BCUT2D eigenvalue weighted by molar-refractivity contribution is -0.138. The summed E-state index contributed by atoms with van der Waals surface area (Å²) in [6, 6.07) is 8.15. The van der Waals surface area contributed by atoms with E-state index in [2.05, 4.69) is 12.1 Å². The molecule has 0 spiro atoms. The number of carbonyl (C=O) groups excluding carboxylic acids is 1. The van der Waals surface area contributed by atoms with Crippen LogP contribution in [0.2, 0.25) is 0 Å². The molecule has 0 saturated carbocycles. The second-order valence-electron chi connectivity index (χ2n) is 6.66. The summed E-state index contributed by atoms with van der Waals surface area (Å²) in [7, 11) is 1.67. The van der Waals surface area contributed by atoms with E-state index >= 15 is 0 Å². The lowest BCUT2D eigenvalue weighted by Crippen LogP contribution is -2.41. The SMILES string of the molecule is COc1ccc(C[C@@H]2COCCN(C(=O)C3CCOCC3)C2)cc1. The van der Waals surface area contributed by atoms with Gasteiger partial charge in [-0.2, -0.15) is 0 Å². The molecule has 0 unspecified atom stereocenters. The maximum absolute atomic E-state index is 12.8. The van der Waals surface area contributed by atoms with Crippen molar-refractivity contribution in [3.63, 3.8) is 0 Å². The summed E-state index contributed by atoms with van der Waals surface area (Å²) in [5.41, 5.74) is 1.25. The topological polar surface area (TPSA) is 48.0 Å². The number of ether oxygens (including phenoxy) is 3. The highest BCUT2D eigenvalue weighted by molar-refractivity contribution is 5.79. The van der Waals surface area contributed by atoms with Crippen molar-refractivity contribution in [3.05, 3.63) is 29.8 Å². The lowest BCUT2D eigenvalue weighted by atomic mass is 9.96. The number of nitrogens with zero attached hydrogens (tertiary/aromatic N) is 1. The first-order valence-electron chi connectivity index (χ1n) is 8.83. The molecule has 1 amide bonds.